The molecule has 132 valence electrons. The average Bonchev–Trinajstić information content (AvgIpc) is 2.50. The third-order valence-corrected chi connectivity index (χ3v) is 3.17. The third kappa shape index (κ3) is 7.76. The van der Waals surface area contributed by atoms with Gasteiger partial charge in [-0.15, -0.1) is 0 Å². The third-order valence-electron chi connectivity index (χ3n) is 3.17. The summed E-state index contributed by atoms with van der Waals surface area (Å²) in [5.74, 6) is -0.700. The molecule has 1 amide bonds. The van der Waals surface area contributed by atoms with Crippen molar-refractivity contribution in [3.8, 4) is 0 Å². The number of methoxy groups -OCH3 is 1. The molecule has 1 aromatic carbocycles. The molecule has 0 saturated heterocycles. The molecule has 0 unspecified atom stereocenters. The van der Waals surface area contributed by atoms with Crippen LogP contribution >= 0.6 is 0 Å². The Morgan fingerprint density at radius 2 is 1.71 bits per heavy atom. The van der Waals surface area contributed by atoms with Crippen LogP contribution < -0.4 is 5.32 Å². The van der Waals surface area contributed by atoms with Crippen molar-refractivity contribution in [1.29, 1.82) is 0 Å². The summed E-state index contributed by atoms with van der Waals surface area (Å²) in [5, 5.41) is 2.60. The predicted molar refractivity (Wildman–Crippen MR) is 89.6 cm³/mol. The summed E-state index contributed by atoms with van der Waals surface area (Å²) >= 11 is 0. The second kappa shape index (κ2) is 9.05. The molecular weight excluding hydrogens is 310 g/mol. The first kappa shape index (κ1) is 19.7. The average molecular weight is 335 g/mol. The van der Waals surface area contributed by atoms with Gasteiger partial charge in [-0.2, -0.15) is 0 Å². The fourth-order valence-corrected chi connectivity index (χ4v) is 2.05. The van der Waals surface area contributed by atoms with Gasteiger partial charge in [-0.25, -0.2) is 4.79 Å². The highest BCUT2D eigenvalue weighted by Gasteiger charge is 2.25. The van der Waals surface area contributed by atoms with Crippen molar-refractivity contribution in [1.82, 2.24) is 5.32 Å². The summed E-state index contributed by atoms with van der Waals surface area (Å²) in [4.78, 5) is 35.6. The Balaban J connectivity index is 2.76. The highest BCUT2D eigenvalue weighted by atomic mass is 16.6. The molecule has 0 radical (unpaired) electrons. The van der Waals surface area contributed by atoms with Crippen molar-refractivity contribution >= 4 is 17.8 Å². The van der Waals surface area contributed by atoms with Gasteiger partial charge in [-0.1, -0.05) is 30.3 Å². The first-order chi connectivity index (χ1) is 11.2. The number of carbonyl (C=O) groups excluding carboxylic acids is 3. The SMILES string of the molecule is COC(=O)CCC(=O)[C@@H](Cc1ccccc1)NC(=O)OC(C)(C)C. The van der Waals surface area contributed by atoms with E-state index in [0.29, 0.717) is 6.42 Å². The molecule has 6 nitrogen and oxygen atoms in total. The van der Waals surface area contributed by atoms with Gasteiger partial charge in [0.15, 0.2) is 5.78 Å². The smallest absolute Gasteiger partial charge is 0.408 e. The predicted octanol–water partition coefficient (Wildman–Crippen LogP) is 2.64. The minimum absolute atomic E-state index is 0.0000283. The van der Waals surface area contributed by atoms with Gasteiger partial charge in [0.25, 0.3) is 0 Å². The molecule has 1 rings (SSSR count). The second-order valence-electron chi connectivity index (χ2n) is 6.43. The summed E-state index contributed by atoms with van der Waals surface area (Å²) in [5.41, 5.74) is 0.251. The summed E-state index contributed by atoms with van der Waals surface area (Å²) in [6, 6.07) is 8.58. The molecule has 0 aromatic heterocycles. The molecule has 1 atom stereocenters. The maximum atomic E-state index is 12.4. The molecule has 1 N–H and O–H groups in total. The van der Waals surface area contributed by atoms with Crippen LogP contribution in [-0.2, 0) is 25.5 Å². The largest absolute Gasteiger partial charge is 0.469 e. The Bertz CT molecular complexity index is 563. The molecule has 0 fully saturated rings. The Hall–Kier alpha value is -2.37. The van der Waals surface area contributed by atoms with Gasteiger partial charge < -0.3 is 14.8 Å². The molecule has 24 heavy (non-hydrogen) atoms. The molecule has 0 bridgehead atoms. The molecule has 6 heteroatoms. The number of alkyl carbamates (subject to hydrolysis) is 1. The van der Waals surface area contributed by atoms with Gasteiger partial charge in [0.05, 0.1) is 19.6 Å². The minimum atomic E-state index is -0.757. The first-order valence-electron chi connectivity index (χ1n) is 7.84. The van der Waals surface area contributed by atoms with Crippen LogP contribution in [0.5, 0.6) is 0 Å². The van der Waals surface area contributed by atoms with E-state index in [1.165, 1.54) is 7.11 Å². The highest BCUT2D eigenvalue weighted by molar-refractivity contribution is 5.89. The summed E-state index contributed by atoms with van der Waals surface area (Å²) < 4.78 is 9.75. The lowest BCUT2D eigenvalue weighted by Gasteiger charge is -2.23. The van der Waals surface area contributed by atoms with Crippen LogP contribution in [0.15, 0.2) is 30.3 Å². The number of hydrogen-bond donors (Lipinski definition) is 1. The molecule has 0 aliphatic heterocycles. The topological polar surface area (TPSA) is 81.7 Å². The summed E-state index contributed by atoms with van der Waals surface area (Å²) in [6.45, 7) is 5.24. The number of benzene rings is 1. The quantitative estimate of drug-likeness (QED) is 0.775. The zero-order valence-corrected chi connectivity index (χ0v) is 14.6. The van der Waals surface area contributed by atoms with Gasteiger partial charge >= 0.3 is 12.1 Å². The van der Waals surface area contributed by atoms with E-state index < -0.39 is 23.7 Å². The number of nitrogens with one attached hydrogen (secondary N) is 1. The molecule has 0 aliphatic rings. The molecule has 0 saturated carbocycles. The van der Waals surface area contributed by atoms with Gasteiger partial charge in [0.2, 0.25) is 0 Å². The fraction of sp³-hybridized carbons (Fsp3) is 0.500. The van der Waals surface area contributed by atoms with E-state index in [0.717, 1.165) is 5.56 Å². The van der Waals surface area contributed by atoms with Crippen LogP contribution in [0.1, 0.15) is 39.2 Å². The minimum Gasteiger partial charge on any atom is -0.469 e. The van der Waals surface area contributed by atoms with Crippen LogP contribution in [0.25, 0.3) is 0 Å². The van der Waals surface area contributed by atoms with Crippen LogP contribution in [0.3, 0.4) is 0 Å². The van der Waals surface area contributed by atoms with E-state index in [4.69, 9.17) is 4.74 Å². The van der Waals surface area contributed by atoms with E-state index in [1.807, 2.05) is 30.3 Å². The van der Waals surface area contributed by atoms with Crippen LogP contribution in [0.2, 0.25) is 0 Å². The van der Waals surface area contributed by atoms with E-state index in [1.54, 1.807) is 20.8 Å². The zero-order chi connectivity index (χ0) is 18.2. The van der Waals surface area contributed by atoms with Crippen molar-refractivity contribution in [3.05, 3.63) is 35.9 Å². The highest BCUT2D eigenvalue weighted by Crippen LogP contribution is 2.10. The normalized spacial score (nSPS) is 12.2. The van der Waals surface area contributed by atoms with Crippen LogP contribution in [-0.4, -0.2) is 36.6 Å². The Labute approximate surface area is 142 Å². The Kier molecular flexibility index (Phi) is 7.42. The standard InChI is InChI=1S/C18H25NO5/c1-18(2,3)24-17(22)19-14(12-13-8-6-5-7-9-13)15(20)10-11-16(21)23-4/h5-9,14H,10-12H2,1-4H3,(H,19,22)/t14-/m1/s1. The number of esters is 1. The Morgan fingerprint density at radius 1 is 1.08 bits per heavy atom. The molecule has 0 heterocycles. The lowest BCUT2D eigenvalue weighted by molar-refractivity contribution is -0.142. The van der Waals surface area contributed by atoms with E-state index >= 15 is 0 Å². The molecule has 0 aliphatic carbocycles. The lowest BCUT2D eigenvalue weighted by Crippen LogP contribution is -2.44. The number of amides is 1. The van der Waals surface area contributed by atoms with Crippen molar-refractivity contribution in [2.45, 2.75) is 51.7 Å². The van der Waals surface area contributed by atoms with E-state index in [-0.39, 0.29) is 18.6 Å². The van der Waals surface area contributed by atoms with Crippen molar-refractivity contribution in [2.24, 2.45) is 0 Å². The Morgan fingerprint density at radius 3 is 2.25 bits per heavy atom. The second-order valence-corrected chi connectivity index (χ2v) is 6.43. The molecular formula is C18H25NO5. The maximum Gasteiger partial charge on any atom is 0.408 e. The van der Waals surface area contributed by atoms with Crippen molar-refractivity contribution in [2.75, 3.05) is 7.11 Å². The molecule has 0 spiro atoms. The van der Waals surface area contributed by atoms with Gasteiger partial charge in [0.1, 0.15) is 5.60 Å². The first-order valence-corrected chi connectivity index (χ1v) is 7.84. The van der Waals surface area contributed by atoms with Gasteiger partial charge in [-0.05, 0) is 32.8 Å². The van der Waals surface area contributed by atoms with E-state index in [2.05, 4.69) is 10.1 Å². The van der Waals surface area contributed by atoms with Crippen molar-refractivity contribution in [3.63, 3.8) is 0 Å². The number of hydrogen-bond acceptors (Lipinski definition) is 5. The summed E-state index contributed by atoms with van der Waals surface area (Å²) in [6.07, 6.45) is -0.341. The number of ketones is 1. The van der Waals surface area contributed by atoms with Crippen LogP contribution in [0.4, 0.5) is 4.79 Å². The number of rotatable bonds is 7. The lowest BCUT2D eigenvalue weighted by atomic mass is 10.00. The zero-order valence-electron chi connectivity index (χ0n) is 14.6. The number of Topliss-reactive ketones (excluding diaryl/α,β-unsaturated/α-hetero) is 1. The molecule has 1 aromatic rings. The number of ether oxygens (including phenoxy) is 2. The van der Waals surface area contributed by atoms with Gasteiger partial charge in [0, 0.05) is 6.42 Å². The monoisotopic (exact) mass is 335 g/mol. The maximum absolute atomic E-state index is 12.4. The van der Waals surface area contributed by atoms with Crippen molar-refractivity contribution < 1.29 is 23.9 Å². The number of carbonyl (C=O) groups is 3. The van der Waals surface area contributed by atoms with Crippen LogP contribution in [0, 0.1) is 0 Å². The fourth-order valence-electron chi connectivity index (χ4n) is 2.05. The van der Waals surface area contributed by atoms with E-state index in [9.17, 15) is 14.4 Å². The van der Waals surface area contributed by atoms with Gasteiger partial charge in [-0.3, -0.25) is 9.59 Å². The summed E-state index contributed by atoms with van der Waals surface area (Å²) in [7, 11) is 1.27.